The van der Waals surface area contributed by atoms with Gasteiger partial charge >= 0.3 is 0 Å². The molecule has 0 saturated heterocycles. The molecule has 0 aromatic carbocycles. The zero-order chi connectivity index (χ0) is 7.56. The molecule has 1 atom stereocenters. The van der Waals surface area contributed by atoms with Crippen LogP contribution < -0.4 is 5.32 Å². The maximum Gasteiger partial charge on any atom is 0.0873 e. The average molecular weight is 159 g/mol. The first kappa shape index (κ1) is 7.61. The van der Waals surface area contributed by atoms with Crippen molar-refractivity contribution in [2.45, 2.75) is 26.3 Å². The Morgan fingerprint density at radius 1 is 1.80 bits per heavy atom. The van der Waals surface area contributed by atoms with Crippen molar-refractivity contribution in [1.82, 2.24) is 5.32 Å². The highest BCUT2D eigenvalue weighted by Crippen LogP contribution is 2.18. The third-order valence-corrected chi connectivity index (χ3v) is 2.09. The van der Waals surface area contributed by atoms with Crippen LogP contribution in [0.15, 0.2) is 15.7 Å². The molecule has 0 spiro atoms. The minimum absolute atomic E-state index is 0.137. The molecule has 0 bridgehead atoms. The summed E-state index contributed by atoms with van der Waals surface area (Å²) in [4.78, 5) is 4.08. The van der Waals surface area contributed by atoms with Crippen LogP contribution in [-0.4, -0.2) is 12.4 Å². The number of halogens is 1. The highest BCUT2D eigenvalue weighted by atomic mass is 35.5. The van der Waals surface area contributed by atoms with Crippen LogP contribution in [0, 0.1) is 0 Å². The summed E-state index contributed by atoms with van der Waals surface area (Å²) in [6.07, 6.45) is 2.64. The Balaban J connectivity index is 2.77. The average Bonchev–Trinajstić information content (AvgIpc) is 1.95. The summed E-state index contributed by atoms with van der Waals surface area (Å²) in [6.45, 7) is 4.05. The molecular weight excluding hydrogens is 148 g/mol. The summed E-state index contributed by atoms with van der Waals surface area (Å²) in [5.41, 5.74) is 1.09. The number of hydrogen-bond donors (Lipinski definition) is 1. The van der Waals surface area contributed by atoms with E-state index < -0.39 is 0 Å². The van der Waals surface area contributed by atoms with Crippen LogP contribution in [0.1, 0.15) is 20.3 Å². The summed E-state index contributed by atoms with van der Waals surface area (Å²) in [5, 5.41) is 3.84. The minimum Gasteiger partial charge on any atom is -0.349 e. The summed E-state index contributed by atoms with van der Waals surface area (Å²) >= 11 is 5.94. The Kier molecular flexibility index (Phi) is 2.33. The molecule has 0 radical (unpaired) electrons. The standard InChI is InChI=1S/C7H11ClN2/c1-3-6-7(8)5(2)9-4-10-6/h4-5H,3H2,1-2H3,(H,9,10). The zero-order valence-corrected chi connectivity index (χ0v) is 6.94. The van der Waals surface area contributed by atoms with E-state index in [9.17, 15) is 0 Å². The highest BCUT2D eigenvalue weighted by Gasteiger charge is 2.11. The molecule has 1 rings (SSSR count). The minimum atomic E-state index is 0.137. The number of allylic oxidation sites excluding steroid dienone is 1. The molecule has 1 aliphatic heterocycles. The van der Waals surface area contributed by atoms with Gasteiger partial charge in [-0.1, -0.05) is 18.5 Å². The van der Waals surface area contributed by atoms with Gasteiger partial charge in [0.2, 0.25) is 0 Å². The molecule has 3 heteroatoms. The number of nitrogens with zero attached hydrogens (tertiary/aromatic N) is 1. The van der Waals surface area contributed by atoms with Crippen molar-refractivity contribution in [2.24, 2.45) is 4.99 Å². The SMILES string of the molecule is CCC1=C(Cl)C(C)N=CN1. The van der Waals surface area contributed by atoms with Crippen molar-refractivity contribution in [3.63, 3.8) is 0 Å². The Hall–Kier alpha value is -0.500. The fourth-order valence-corrected chi connectivity index (χ4v) is 1.13. The summed E-state index contributed by atoms with van der Waals surface area (Å²) in [5.74, 6) is 0. The van der Waals surface area contributed by atoms with Crippen molar-refractivity contribution >= 4 is 17.9 Å². The zero-order valence-electron chi connectivity index (χ0n) is 6.19. The molecule has 10 heavy (non-hydrogen) atoms. The first-order chi connectivity index (χ1) is 4.75. The predicted octanol–water partition coefficient (Wildman–Crippen LogP) is 1.87. The van der Waals surface area contributed by atoms with Crippen molar-refractivity contribution < 1.29 is 0 Å². The molecule has 1 unspecified atom stereocenters. The largest absolute Gasteiger partial charge is 0.349 e. The van der Waals surface area contributed by atoms with Gasteiger partial charge in [0, 0.05) is 5.70 Å². The summed E-state index contributed by atoms with van der Waals surface area (Å²) in [7, 11) is 0. The van der Waals surface area contributed by atoms with E-state index >= 15 is 0 Å². The van der Waals surface area contributed by atoms with Gasteiger partial charge in [-0.3, -0.25) is 4.99 Å². The van der Waals surface area contributed by atoms with Crippen LogP contribution in [0.4, 0.5) is 0 Å². The van der Waals surface area contributed by atoms with Crippen LogP contribution in [-0.2, 0) is 0 Å². The lowest BCUT2D eigenvalue weighted by molar-refractivity contribution is 0.823. The van der Waals surface area contributed by atoms with Crippen LogP contribution in [0.3, 0.4) is 0 Å². The van der Waals surface area contributed by atoms with Crippen molar-refractivity contribution in [1.29, 1.82) is 0 Å². The molecule has 0 fully saturated rings. The molecule has 1 N–H and O–H groups in total. The number of rotatable bonds is 1. The normalized spacial score (nSPS) is 24.9. The van der Waals surface area contributed by atoms with Gasteiger partial charge in [0.1, 0.15) is 0 Å². The molecule has 1 heterocycles. The maximum atomic E-state index is 5.94. The van der Waals surface area contributed by atoms with Crippen LogP contribution in [0.25, 0.3) is 0 Å². The molecule has 0 aliphatic carbocycles. The van der Waals surface area contributed by atoms with E-state index in [1.807, 2.05) is 6.92 Å². The van der Waals surface area contributed by atoms with E-state index in [1.54, 1.807) is 6.34 Å². The van der Waals surface area contributed by atoms with Crippen LogP contribution >= 0.6 is 11.6 Å². The quantitative estimate of drug-likeness (QED) is 0.619. The molecule has 0 amide bonds. The molecule has 0 aromatic rings. The molecular formula is C7H11ClN2. The first-order valence-electron chi connectivity index (χ1n) is 3.42. The lowest BCUT2D eigenvalue weighted by Crippen LogP contribution is -2.21. The fourth-order valence-electron chi connectivity index (χ4n) is 0.884. The fraction of sp³-hybridized carbons (Fsp3) is 0.571. The van der Waals surface area contributed by atoms with Gasteiger partial charge in [-0.15, -0.1) is 0 Å². The van der Waals surface area contributed by atoms with Crippen molar-refractivity contribution in [3.05, 3.63) is 10.7 Å². The van der Waals surface area contributed by atoms with E-state index in [4.69, 9.17) is 11.6 Å². The monoisotopic (exact) mass is 158 g/mol. The summed E-state index contributed by atoms with van der Waals surface area (Å²) in [6, 6.07) is 0.137. The van der Waals surface area contributed by atoms with Gasteiger partial charge in [-0.2, -0.15) is 0 Å². The third-order valence-electron chi connectivity index (χ3n) is 1.55. The van der Waals surface area contributed by atoms with Gasteiger partial charge in [-0.25, -0.2) is 0 Å². The number of hydrogen-bond acceptors (Lipinski definition) is 2. The van der Waals surface area contributed by atoms with Crippen molar-refractivity contribution in [3.8, 4) is 0 Å². The lowest BCUT2D eigenvalue weighted by atomic mass is 10.2. The Labute approximate surface area is 66.0 Å². The van der Waals surface area contributed by atoms with Gasteiger partial charge < -0.3 is 5.32 Å². The second kappa shape index (κ2) is 3.06. The maximum absolute atomic E-state index is 5.94. The Bertz CT molecular complexity index is 184. The number of nitrogens with one attached hydrogen (secondary N) is 1. The molecule has 1 aliphatic rings. The molecule has 0 saturated carbocycles. The van der Waals surface area contributed by atoms with E-state index in [0.717, 1.165) is 17.2 Å². The van der Waals surface area contributed by atoms with E-state index in [2.05, 4.69) is 17.2 Å². The van der Waals surface area contributed by atoms with Crippen LogP contribution in [0.2, 0.25) is 0 Å². The number of aliphatic imine (C=N–C) groups is 1. The second-order valence-electron chi connectivity index (χ2n) is 2.28. The molecule has 0 aromatic heterocycles. The molecule has 56 valence electrons. The highest BCUT2D eigenvalue weighted by molar-refractivity contribution is 6.30. The lowest BCUT2D eigenvalue weighted by Gasteiger charge is -2.16. The van der Waals surface area contributed by atoms with Gasteiger partial charge in [0.15, 0.2) is 0 Å². The smallest absolute Gasteiger partial charge is 0.0873 e. The second-order valence-corrected chi connectivity index (χ2v) is 2.69. The summed E-state index contributed by atoms with van der Waals surface area (Å²) < 4.78 is 0. The van der Waals surface area contributed by atoms with Crippen molar-refractivity contribution in [2.75, 3.05) is 0 Å². The Morgan fingerprint density at radius 3 is 3.00 bits per heavy atom. The van der Waals surface area contributed by atoms with Gasteiger partial charge in [0.05, 0.1) is 17.4 Å². The van der Waals surface area contributed by atoms with E-state index in [-0.39, 0.29) is 6.04 Å². The predicted molar refractivity (Wildman–Crippen MR) is 44.3 cm³/mol. The molecule has 2 nitrogen and oxygen atoms in total. The van der Waals surface area contributed by atoms with E-state index in [0.29, 0.717) is 0 Å². The third kappa shape index (κ3) is 1.32. The topological polar surface area (TPSA) is 24.4 Å². The first-order valence-corrected chi connectivity index (χ1v) is 3.80. The Morgan fingerprint density at radius 2 is 2.50 bits per heavy atom. The van der Waals surface area contributed by atoms with Gasteiger partial charge in [0.25, 0.3) is 0 Å². The van der Waals surface area contributed by atoms with Crippen LogP contribution in [0.5, 0.6) is 0 Å². The van der Waals surface area contributed by atoms with Gasteiger partial charge in [-0.05, 0) is 13.3 Å². The van der Waals surface area contributed by atoms with E-state index in [1.165, 1.54) is 0 Å².